The highest BCUT2D eigenvalue weighted by Crippen LogP contribution is 2.17. The summed E-state index contributed by atoms with van der Waals surface area (Å²) in [5, 5.41) is 18.8. The van der Waals surface area contributed by atoms with Gasteiger partial charge in [-0.05, 0) is 25.7 Å². The predicted molar refractivity (Wildman–Crippen MR) is 79.8 cm³/mol. The number of hydrogen-bond donors (Lipinski definition) is 3. The normalized spacial score (nSPS) is 12.5. The van der Waals surface area contributed by atoms with Crippen molar-refractivity contribution in [2.24, 2.45) is 5.92 Å². The number of carbonyl (C=O) groups excluding carboxylic acids is 1. The van der Waals surface area contributed by atoms with Gasteiger partial charge in [0.05, 0.1) is 17.6 Å². The van der Waals surface area contributed by atoms with Crippen LogP contribution in [0.3, 0.4) is 0 Å². The molecule has 1 aromatic heterocycles. The van der Waals surface area contributed by atoms with Gasteiger partial charge in [-0.2, -0.15) is 5.10 Å². The maximum atomic E-state index is 11.9. The van der Waals surface area contributed by atoms with Gasteiger partial charge in [0, 0.05) is 19.2 Å². The summed E-state index contributed by atoms with van der Waals surface area (Å²) in [6.07, 6.45) is 3.05. The summed E-state index contributed by atoms with van der Waals surface area (Å²) in [6.45, 7) is 9.08. The molecule has 0 unspecified atom stereocenters. The summed E-state index contributed by atoms with van der Waals surface area (Å²) < 4.78 is 1.94. The number of urea groups is 1. The quantitative estimate of drug-likeness (QED) is 0.715. The summed E-state index contributed by atoms with van der Waals surface area (Å²) >= 11 is 0. The Labute approximate surface area is 120 Å². The lowest BCUT2D eigenvalue weighted by molar-refractivity contribution is 0.241. The Morgan fingerprint density at radius 2 is 2.15 bits per heavy atom. The molecule has 0 spiro atoms. The fourth-order valence-electron chi connectivity index (χ4n) is 2.04. The second kappa shape index (κ2) is 7.89. The molecular weight excluding hydrogens is 256 g/mol. The van der Waals surface area contributed by atoms with Crippen molar-refractivity contribution < 1.29 is 9.90 Å². The number of aliphatic hydroxyl groups excluding tert-OH is 1. The number of carbonyl (C=O) groups is 1. The average Bonchev–Trinajstić information content (AvgIpc) is 2.70. The Balaban J connectivity index is 2.67. The van der Waals surface area contributed by atoms with Crippen LogP contribution in [0.4, 0.5) is 10.5 Å². The van der Waals surface area contributed by atoms with E-state index < -0.39 is 0 Å². The molecule has 1 atom stereocenters. The van der Waals surface area contributed by atoms with Gasteiger partial charge in [-0.1, -0.05) is 20.8 Å². The molecule has 0 aliphatic heterocycles. The van der Waals surface area contributed by atoms with Crippen LogP contribution in [0.15, 0.2) is 6.20 Å². The summed E-state index contributed by atoms with van der Waals surface area (Å²) in [4.78, 5) is 11.9. The van der Waals surface area contributed by atoms with Crippen LogP contribution in [-0.4, -0.2) is 33.6 Å². The molecule has 0 fully saturated rings. The molecule has 0 saturated carbocycles. The topological polar surface area (TPSA) is 79.2 Å². The molecule has 3 N–H and O–H groups in total. The van der Waals surface area contributed by atoms with E-state index in [4.69, 9.17) is 5.11 Å². The van der Waals surface area contributed by atoms with Gasteiger partial charge < -0.3 is 15.7 Å². The van der Waals surface area contributed by atoms with Crippen LogP contribution in [0, 0.1) is 5.92 Å². The van der Waals surface area contributed by atoms with Gasteiger partial charge in [-0.15, -0.1) is 0 Å². The zero-order valence-electron chi connectivity index (χ0n) is 12.8. The second-order valence-electron chi connectivity index (χ2n) is 5.45. The Kier molecular flexibility index (Phi) is 6.51. The van der Waals surface area contributed by atoms with Gasteiger partial charge in [0.1, 0.15) is 0 Å². The molecule has 114 valence electrons. The number of aromatic nitrogens is 2. The molecule has 0 bridgehead atoms. The van der Waals surface area contributed by atoms with Gasteiger partial charge in [0.2, 0.25) is 0 Å². The lowest BCUT2D eigenvalue weighted by Crippen LogP contribution is -2.36. The standard InChI is InChI=1S/C14H26N4O2/c1-5-13-12(8-15-18(13)9-10(2)3)17-14(20)16-11(4)6-7-19/h8,10-11,19H,5-7,9H2,1-4H3,(H2,16,17,20)/t11-/m1/s1. The van der Waals surface area contributed by atoms with E-state index in [1.54, 1.807) is 6.20 Å². The first-order valence-corrected chi connectivity index (χ1v) is 7.20. The van der Waals surface area contributed by atoms with Gasteiger partial charge in [0.15, 0.2) is 0 Å². The molecule has 0 radical (unpaired) electrons. The van der Waals surface area contributed by atoms with Crippen molar-refractivity contribution in [1.82, 2.24) is 15.1 Å². The number of amides is 2. The van der Waals surface area contributed by atoms with Gasteiger partial charge in [-0.25, -0.2) is 4.79 Å². The van der Waals surface area contributed by atoms with E-state index in [9.17, 15) is 4.79 Å². The fraction of sp³-hybridized carbons (Fsp3) is 0.714. The molecule has 0 saturated heterocycles. The predicted octanol–water partition coefficient (Wildman–Crippen LogP) is 1.99. The Hall–Kier alpha value is -1.56. The number of nitrogens with one attached hydrogen (secondary N) is 2. The Morgan fingerprint density at radius 3 is 2.70 bits per heavy atom. The van der Waals surface area contributed by atoms with E-state index in [0.717, 1.165) is 24.3 Å². The lowest BCUT2D eigenvalue weighted by Gasteiger charge is -2.14. The average molecular weight is 282 g/mol. The van der Waals surface area contributed by atoms with Crippen LogP contribution < -0.4 is 10.6 Å². The van der Waals surface area contributed by atoms with E-state index in [2.05, 4.69) is 29.6 Å². The highest BCUT2D eigenvalue weighted by atomic mass is 16.3. The minimum Gasteiger partial charge on any atom is -0.396 e. The minimum atomic E-state index is -0.259. The first-order valence-electron chi connectivity index (χ1n) is 7.20. The third kappa shape index (κ3) is 4.85. The van der Waals surface area contributed by atoms with Crippen LogP contribution in [0.2, 0.25) is 0 Å². The monoisotopic (exact) mass is 282 g/mol. The number of hydrogen-bond acceptors (Lipinski definition) is 3. The number of nitrogens with zero attached hydrogens (tertiary/aromatic N) is 2. The van der Waals surface area contributed by atoms with Crippen LogP contribution in [0.1, 0.15) is 39.8 Å². The maximum Gasteiger partial charge on any atom is 0.319 e. The van der Waals surface area contributed by atoms with Crippen molar-refractivity contribution in [3.8, 4) is 0 Å². The summed E-state index contributed by atoms with van der Waals surface area (Å²) in [6, 6.07) is -0.319. The minimum absolute atomic E-state index is 0.0595. The molecule has 1 rings (SSSR count). The van der Waals surface area contributed by atoms with Gasteiger partial charge >= 0.3 is 6.03 Å². The first-order chi connectivity index (χ1) is 9.47. The van der Waals surface area contributed by atoms with E-state index in [1.807, 2.05) is 18.5 Å². The van der Waals surface area contributed by atoms with Crippen molar-refractivity contribution in [2.75, 3.05) is 11.9 Å². The van der Waals surface area contributed by atoms with Crippen molar-refractivity contribution in [3.63, 3.8) is 0 Å². The van der Waals surface area contributed by atoms with E-state index in [1.165, 1.54) is 0 Å². The van der Waals surface area contributed by atoms with Crippen LogP contribution in [0.25, 0.3) is 0 Å². The van der Waals surface area contributed by atoms with E-state index in [0.29, 0.717) is 12.3 Å². The molecule has 0 aliphatic carbocycles. The molecule has 1 heterocycles. The SMILES string of the molecule is CCc1c(NC(=O)N[C@H](C)CCO)cnn1CC(C)C. The first kappa shape index (κ1) is 16.5. The van der Waals surface area contributed by atoms with E-state index in [-0.39, 0.29) is 18.7 Å². The van der Waals surface area contributed by atoms with Crippen LogP contribution in [-0.2, 0) is 13.0 Å². The van der Waals surface area contributed by atoms with E-state index >= 15 is 0 Å². The van der Waals surface area contributed by atoms with Crippen molar-refractivity contribution in [1.29, 1.82) is 0 Å². The van der Waals surface area contributed by atoms with Gasteiger partial charge in [0.25, 0.3) is 0 Å². The van der Waals surface area contributed by atoms with Crippen LogP contribution in [0.5, 0.6) is 0 Å². The highest BCUT2D eigenvalue weighted by molar-refractivity contribution is 5.89. The number of aliphatic hydroxyl groups is 1. The number of rotatable bonds is 7. The van der Waals surface area contributed by atoms with Crippen molar-refractivity contribution >= 4 is 11.7 Å². The maximum absolute atomic E-state index is 11.9. The summed E-state index contributed by atoms with van der Waals surface area (Å²) in [7, 11) is 0. The zero-order valence-corrected chi connectivity index (χ0v) is 12.8. The molecule has 0 aromatic carbocycles. The van der Waals surface area contributed by atoms with Crippen molar-refractivity contribution in [3.05, 3.63) is 11.9 Å². The highest BCUT2D eigenvalue weighted by Gasteiger charge is 2.13. The molecule has 1 aromatic rings. The Bertz CT molecular complexity index is 429. The Morgan fingerprint density at radius 1 is 1.45 bits per heavy atom. The molecule has 6 nitrogen and oxygen atoms in total. The molecular formula is C14H26N4O2. The smallest absolute Gasteiger partial charge is 0.319 e. The fourth-order valence-corrected chi connectivity index (χ4v) is 2.04. The molecule has 2 amide bonds. The molecule has 20 heavy (non-hydrogen) atoms. The summed E-state index contributed by atoms with van der Waals surface area (Å²) in [5.74, 6) is 0.506. The summed E-state index contributed by atoms with van der Waals surface area (Å²) in [5.41, 5.74) is 1.78. The van der Waals surface area contributed by atoms with Crippen molar-refractivity contribution in [2.45, 2.75) is 53.1 Å². The molecule has 0 aliphatic rings. The lowest BCUT2D eigenvalue weighted by atomic mass is 10.2. The molecule has 6 heteroatoms. The largest absolute Gasteiger partial charge is 0.396 e. The third-order valence-corrected chi connectivity index (χ3v) is 3.01. The number of anilines is 1. The second-order valence-corrected chi connectivity index (χ2v) is 5.45. The zero-order chi connectivity index (χ0) is 15.1. The van der Waals surface area contributed by atoms with Crippen LogP contribution >= 0.6 is 0 Å². The van der Waals surface area contributed by atoms with Gasteiger partial charge in [-0.3, -0.25) is 4.68 Å². The third-order valence-electron chi connectivity index (χ3n) is 3.01.